The van der Waals surface area contributed by atoms with Crippen molar-refractivity contribution in [3.8, 4) is 0 Å². The largest absolute Gasteiger partial charge is 0.153 e. The van der Waals surface area contributed by atoms with Gasteiger partial charge in [0.2, 0.25) is 0 Å². The van der Waals surface area contributed by atoms with Gasteiger partial charge in [0.15, 0.2) is 0 Å². The second-order valence-electron chi connectivity index (χ2n) is 1.77. The fourth-order valence-corrected chi connectivity index (χ4v) is 2.43. The van der Waals surface area contributed by atoms with Gasteiger partial charge in [0.1, 0.15) is 8.97 Å². The Morgan fingerprint density at radius 3 is 3.22 bits per heavy atom. The normalized spacial score (nSPS) is 30.1. The third-order valence-corrected chi connectivity index (χ3v) is 3.49. The Hall–Kier alpha value is 0.160. The number of hydrogen-bond acceptors (Lipinski definition) is 3. The number of nitrogens with zero attached hydrogens (tertiary/aromatic N) is 2. The molecule has 1 atom stereocenters. The number of thioether (sulfide) groups is 1. The first-order chi connectivity index (χ1) is 4.38. The SMILES string of the molecule is IC1=NN=C2C=CS[C@H]12. The highest BCUT2D eigenvalue weighted by atomic mass is 127. The van der Waals surface area contributed by atoms with Gasteiger partial charge in [-0.2, -0.15) is 5.10 Å². The summed E-state index contributed by atoms with van der Waals surface area (Å²) in [4.78, 5) is 0. The van der Waals surface area contributed by atoms with E-state index in [4.69, 9.17) is 0 Å². The first kappa shape index (κ1) is 5.91. The van der Waals surface area contributed by atoms with Gasteiger partial charge in [0, 0.05) is 0 Å². The molecule has 0 aromatic heterocycles. The fraction of sp³-hybridized carbons (Fsp3) is 0.200. The van der Waals surface area contributed by atoms with E-state index < -0.39 is 0 Å². The van der Waals surface area contributed by atoms with Crippen molar-refractivity contribution in [3.63, 3.8) is 0 Å². The van der Waals surface area contributed by atoms with Crippen molar-refractivity contribution in [1.82, 2.24) is 0 Å². The van der Waals surface area contributed by atoms with E-state index in [1.165, 1.54) is 0 Å². The molecule has 46 valence electrons. The molecule has 0 aliphatic carbocycles. The number of rotatable bonds is 0. The van der Waals surface area contributed by atoms with Crippen LogP contribution >= 0.6 is 34.4 Å². The van der Waals surface area contributed by atoms with Crippen LogP contribution in [0.2, 0.25) is 0 Å². The van der Waals surface area contributed by atoms with Gasteiger partial charge in [-0.15, -0.1) is 16.9 Å². The maximum Gasteiger partial charge on any atom is 0.120 e. The molecule has 0 N–H and O–H groups in total. The Morgan fingerprint density at radius 2 is 2.44 bits per heavy atom. The van der Waals surface area contributed by atoms with Crippen LogP contribution in [0.3, 0.4) is 0 Å². The molecule has 2 aliphatic heterocycles. The molecule has 0 saturated heterocycles. The number of hydrogen-bond donors (Lipinski definition) is 0. The number of halogens is 1. The molecule has 0 amide bonds. The zero-order valence-corrected chi connectivity index (χ0v) is 7.39. The lowest BCUT2D eigenvalue weighted by Crippen LogP contribution is -2.12. The van der Waals surface area contributed by atoms with Crippen molar-refractivity contribution in [3.05, 3.63) is 11.5 Å². The Balaban J connectivity index is 2.36. The van der Waals surface area contributed by atoms with Crippen molar-refractivity contribution >= 4 is 43.8 Å². The molecule has 9 heavy (non-hydrogen) atoms. The lowest BCUT2D eigenvalue weighted by Gasteiger charge is -1.96. The van der Waals surface area contributed by atoms with Crippen LogP contribution in [0.4, 0.5) is 0 Å². The summed E-state index contributed by atoms with van der Waals surface area (Å²) in [6, 6.07) is 0. The predicted molar refractivity (Wildman–Crippen MR) is 49.4 cm³/mol. The summed E-state index contributed by atoms with van der Waals surface area (Å²) in [5.74, 6) is 0. The molecular weight excluding hydrogens is 247 g/mol. The molecule has 2 aliphatic rings. The van der Waals surface area contributed by atoms with E-state index in [1.807, 2.05) is 6.08 Å². The molecular formula is C5H3IN2S. The maximum absolute atomic E-state index is 3.97. The summed E-state index contributed by atoms with van der Waals surface area (Å²) in [5.41, 5.74) is 1.10. The van der Waals surface area contributed by atoms with E-state index in [2.05, 4.69) is 38.2 Å². The summed E-state index contributed by atoms with van der Waals surface area (Å²) < 4.78 is 1.10. The minimum absolute atomic E-state index is 0.436. The van der Waals surface area contributed by atoms with Crippen LogP contribution in [0.1, 0.15) is 0 Å². The van der Waals surface area contributed by atoms with Crippen LogP contribution in [-0.4, -0.2) is 14.7 Å². The third kappa shape index (κ3) is 0.843. The van der Waals surface area contributed by atoms with Crippen LogP contribution in [-0.2, 0) is 0 Å². The van der Waals surface area contributed by atoms with Gasteiger partial charge in [-0.05, 0) is 34.1 Å². The van der Waals surface area contributed by atoms with E-state index in [1.54, 1.807) is 11.8 Å². The van der Waals surface area contributed by atoms with Crippen molar-refractivity contribution in [2.24, 2.45) is 10.2 Å². The van der Waals surface area contributed by atoms with E-state index >= 15 is 0 Å². The van der Waals surface area contributed by atoms with Crippen molar-refractivity contribution < 1.29 is 0 Å². The summed E-state index contributed by atoms with van der Waals surface area (Å²) in [7, 11) is 0. The van der Waals surface area contributed by atoms with Gasteiger partial charge in [-0.3, -0.25) is 0 Å². The van der Waals surface area contributed by atoms with Gasteiger partial charge in [-0.25, -0.2) is 0 Å². The average Bonchev–Trinajstić information content (AvgIpc) is 2.35. The molecule has 2 nitrogen and oxygen atoms in total. The molecule has 0 radical (unpaired) electrons. The highest BCUT2D eigenvalue weighted by Gasteiger charge is 2.26. The summed E-state index contributed by atoms with van der Waals surface area (Å²) >= 11 is 4.00. The maximum atomic E-state index is 3.97. The summed E-state index contributed by atoms with van der Waals surface area (Å²) in [6.07, 6.45) is 2.02. The van der Waals surface area contributed by atoms with Crippen LogP contribution in [0.15, 0.2) is 21.7 Å². The summed E-state index contributed by atoms with van der Waals surface area (Å²) in [5, 5.41) is 10.4. The highest BCUT2D eigenvalue weighted by molar-refractivity contribution is 14.1. The molecule has 2 heterocycles. The lowest BCUT2D eigenvalue weighted by atomic mass is 10.3. The standard InChI is InChI=1S/C5H3IN2S/c6-5-4-3(7-8-5)1-2-9-4/h1-2,4H/t4-/m0/s1. The third-order valence-electron chi connectivity index (χ3n) is 1.20. The van der Waals surface area contributed by atoms with Gasteiger partial charge >= 0.3 is 0 Å². The first-order valence-corrected chi connectivity index (χ1v) is 4.53. The average molecular weight is 250 g/mol. The highest BCUT2D eigenvalue weighted by Crippen LogP contribution is 2.29. The lowest BCUT2D eigenvalue weighted by molar-refractivity contribution is 1.28. The smallest absolute Gasteiger partial charge is 0.120 e. The molecule has 0 aromatic carbocycles. The number of allylic oxidation sites excluding steroid dienone is 1. The van der Waals surface area contributed by atoms with Crippen LogP contribution in [0, 0.1) is 0 Å². The zero-order chi connectivity index (χ0) is 6.27. The Bertz CT molecular complexity index is 231. The van der Waals surface area contributed by atoms with Gasteiger partial charge in [0.05, 0.1) is 5.71 Å². The van der Waals surface area contributed by atoms with Crippen molar-refractivity contribution in [2.45, 2.75) is 5.25 Å². The van der Waals surface area contributed by atoms with Crippen LogP contribution in [0.25, 0.3) is 0 Å². The van der Waals surface area contributed by atoms with Crippen LogP contribution < -0.4 is 0 Å². The summed E-state index contributed by atoms with van der Waals surface area (Å²) in [6.45, 7) is 0. The van der Waals surface area contributed by atoms with Crippen LogP contribution in [0.5, 0.6) is 0 Å². The second kappa shape index (κ2) is 2.09. The number of fused-ring (bicyclic) bond motifs is 1. The van der Waals surface area contributed by atoms with E-state index in [0.717, 1.165) is 9.43 Å². The van der Waals surface area contributed by atoms with E-state index in [9.17, 15) is 0 Å². The molecule has 0 unspecified atom stereocenters. The minimum atomic E-state index is 0.436. The Morgan fingerprint density at radius 1 is 1.56 bits per heavy atom. The van der Waals surface area contributed by atoms with Crippen molar-refractivity contribution in [2.75, 3.05) is 0 Å². The Labute approximate surface area is 70.6 Å². The quantitative estimate of drug-likeness (QED) is 0.602. The molecule has 0 bridgehead atoms. The Kier molecular flexibility index (Phi) is 1.37. The molecule has 2 rings (SSSR count). The molecule has 0 aromatic rings. The predicted octanol–water partition coefficient (Wildman–Crippen LogP) is 1.82. The molecule has 4 heteroatoms. The van der Waals surface area contributed by atoms with E-state index in [-0.39, 0.29) is 0 Å². The fourth-order valence-electron chi connectivity index (χ4n) is 0.767. The molecule has 0 spiro atoms. The topological polar surface area (TPSA) is 24.7 Å². The zero-order valence-electron chi connectivity index (χ0n) is 4.41. The van der Waals surface area contributed by atoms with Gasteiger partial charge in [0.25, 0.3) is 0 Å². The minimum Gasteiger partial charge on any atom is -0.153 e. The van der Waals surface area contributed by atoms with Gasteiger partial charge in [-0.1, -0.05) is 0 Å². The molecule has 0 saturated carbocycles. The van der Waals surface area contributed by atoms with Gasteiger partial charge < -0.3 is 0 Å². The monoisotopic (exact) mass is 250 g/mol. The van der Waals surface area contributed by atoms with E-state index in [0.29, 0.717) is 5.25 Å². The first-order valence-electron chi connectivity index (χ1n) is 2.51. The second-order valence-corrected chi connectivity index (χ2v) is 3.89. The van der Waals surface area contributed by atoms with Crippen molar-refractivity contribution in [1.29, 1.82) is 0 Å². The molecule has 0 fully saturated rings.